The van der Waals surface area contributed by atoms with E-state index in [1.165, 1.54) is 17.6 Å². The first kappa shape index (κ1) is 17.1. The molecule has 3 atom stereocenters. The van der Waals surface area contributed by atoms with E-state index in [0.717, 1.165) is 18.8 Å². The molecular weight excluding hydrogens is 272 g/mol. The molecule has 0 saturated heterocycles. The van der Waals surface area contributed by atoms with Gasteiger partial charge in [-0.3, -0.25) is 0 Å². The average molecular weight is 302 g/mol. The standard InChI is InChI=1S/C20H30O2/c1-7-14(3)19(21)22-18-11-9-13(2)8-10-16-17(12-15(18)4)20(16,5)6/h7,9,12,16-18H,8,10-11H2,1-6H3/b13-9+,14-7-,15-12+/t16-,17-,18-/m1/s1. The van der Waals surface area contributed by atoms with E-state index in [-0.39, 0.29) is 12.1 Å². The summed E-state index contributed by atoms with van der Waals surface area (Å²) in [7, 11) is 0. The first-order chi connectivity index (χ1) is 10.3. The van der Waals surface area contributed by atoms with Gasteiger partial charge in [-0.1, -0.05) is 37.6 Å². The zero-order valence-corrected chi connectivity index (χ0v) is 14.9. The van der Waals surface area contributed by atoms with Gasteiger partial charge in [-0.2, -0.15) is 0 Å². The number of carbonyl (C=O) groups excluding carboxylic acids is 1. The molecule has 2 rings (SSSR count). The zero-order chi connectivity index (χ0) is 16.5. The SMILES string of the molecule is C/C=C(/C)C(=O)O[C@@H]1C/C=C(\C)CC[C@@H]2[C@@H](/C=C/1C)C2(C)C. The van der Waals surface area contributed by atoms with E-state index in [1.54, 1.807) is 0 Å². The summed E-state index contributed by atoms with van der Waals surface area (Å²) in [4.78, 5) is 12.1. The van der Waals surface area contributed by atoms with Crippen molar-refractivity contribution in [3.8, 4) is 0 Å². The van der Waals surface area contributed by atoms with Gasteiger partial charge in [0.25, 0.3) is 0 Å². The molecule has 0 bridgehead atoms. The summed E-state index contributed by atoms with van der Waals surface area (Å²) in [5, 5.41) is 0. The lowest BCUT2D eigenvalue weighted by Gasteiger charge is -2.19. The molecule has 0 radical (unpaired) electrons. The Labute approximate surface area is 135 Å². The summed E-state index contributed by atoms with van der Waals surface area (Å²) >= 11 is 0. The van der Waals surface area contributed by atoms with Crippen molar-refractivity contribution in [2.24, 2.45) is 17.3 Å². The third kappa shape index (κ3) is 3.53. The van der Waals surface area contributed by atoms with Gasteiger partial charge in [-0.05, 0) is 63.4 Å². The molecule has 2 aliphatic rings. The third-order valence-electron chi connectivity index (χ3n) is 5.62. The van der Waals surface area contributed by atoms with Gasteiger partial charge in [0, 0.05) is 12.0 Å². The average Bonchev–Trinajstić information content (AvgIpc) is 2.99. The van der Waals surface area contributed by atoms with Gasteiger partial charge < -0.3 is 4.74 Å². The topological polar surface area (TPSA) is 26.3 Å². The van der Waals surface area contributed by atoms with Crippen LogP contribution in [0.2, 0.25) is 0 Å². The van der Waals surface area contributed by atoms with Gasteiger partial charge in [0.2, 0.25) is 0 Å². The fourth-order valence-electron chi connectivity index (χ4n) is 3.52. The minimum absolute atomic E-state index is 0.132. The molecule has 0 spiro atoms. The fourth-order valence-corrected chi connectivity index (χ4v) is 3.52. The Morgan fingerprint density at radius 2 is 2.05 bits per heavy atom. The third-order valence-corrected chi connectivity index (χ3v) is 5.62. The highest BCUT2D eigenvalue weighted by molar-refractivity contribution is 5.87. The fraction of sp³-hybridized carbons (Fsp3) is 0.650. The van der Waals surface area contributed by atoms with E-state index in [4.69, 9.17) is 4.74 Å². The van der Waals surface area contributed by atoms with Crippen LogP contribution in [0, 0.1) is 17.3 Å². The molecule has 2 nitrogen and oxygen atoms in total. The maximum atomic E-state index is 12.1. The van der Waals surface area contributed by atoms with E-state index in [9.17, 15) is 4.79 Å². The van der Waals surface area contributed by atoms with Crippen LogP contribution in [0.15, 0.2) is 34.9 Å². The van der Waals surface area contributed by atoms with Crippen molar-refractivity contribution < 1.29 is 9.53 Å². The second-order valence-corrected chi connectivity index (χ2v) is 7.55. The summed E-state index contributed by atoms with van der Waals surface area (Å²) in [6.45, 7) is 12.7. The van der Waals surface area contributed by atoms with E-state index in [2.05, 4.69) is 39.8 Å². The zero-order valence-electron chi connectivity index (χ0n) is 14.9. The number of ether oxygens (including phenoxy) is 1. The van der Waals surface area contributed by atoms with Gasteiger partial charge in [-0.15, -0.1) is 0 Å². The van der Waals surface area contributed by atoms with Crippen molar-refractivity contribution in [3.05, 3.63) is 34.9 Å². The van der Waals surface area contributed by atoms with Crippen LogP contribution in [-0.4, -0.2) is 12.1 Å². The molecule has 0 N–H and O–H groups in total. The van der Waals surface area contributed by atoms with E-state index in [1.807, 2.05) is 19.9 Å². The Kier molecular flexibility index (Phi) is 4.99. The predicted molar refractivity (Wildman–Crippen MR) is 91.4 cm³/mol. The predicted octanol–water partition coefficient (Wildman–Crippen LogP) is 5.21. The van der Waals surface area contributed by atoms with Crippen molar-refractivity contribution in [2.45, 2.75) is 66.9 Å². The molecule has 0 aromatic rings. The highest BCUT2D eigenvalue weighted by Gasteiger charge is 2.55. The van der Waals surface area contributed by atoms with Gasteiger partial charge >= 0.3 is 5.97 Å². The lowest BCUT2D eigenvalue weighted by atomic mass is 9.99. The Morgan fingerprint density at radius 3 is 2.68 bits per heavy atom. The van der Waals surface area contributed by atoms with Gasteiger partial charge in [0.15, 0.2) is 0 Å². The first-order valence-corrected chi connectivity index (χ1v) is 8.45. The minimum Gasteiger partial charge on any atom is -0.454 e. The molecule has 0 amide bonds. The highest BCUT2D eigenvalue weighted by atomic mass is 16.5. The van der Waals surface area contributed by atoms with Crippen molar-refractivity contribution >= 4 is 5.97 Å². The summed E-state index contributed by atoms with van der Waals surface area (Å²) in [5.74, 6) is 1.19. The van der Waals surface area contributed by atoms with Gasteiger partial charge in [0.05, 0.1) is 0 Å². The highest BCUT2D eigenvalue weighted by Crippen LogP contribution is 2.61. The molecule has 0 aromatic carbocycles. The quantitative estimate of drug-likeness (QED) is 0.397. The van der Waals surface area contributed by atoms with Crippen molar-refractivity contribution in [3.63, 3.8) is 0 Å². The van der Waals surface area contributed by atoms with E-state index >= 15 is 0 Å². The largest absolute Gasteiger partial charge is 0.454 e. The van der Waals surface area contributed by atoms with Crippen LogP contribution >= 0.6 is 0 Å². The Balaban J connectivity index is 2.21. The number of esters is 1. The Bertz CT molecular complexity index is 534. The van der Waals surface area contributed by atoms with Crippen molar-refractivity contribution in [2.75, 3.05) is 0 Å². The van der Waals surface area contributed by atoms with Crippen LogP contribution in [0.3, 0.4) is 0 Å². The van der Waals surface area contributed by atoms with Crippen LogP contribution in [-0.2, 0) is 9.53 Å². The van der Waals surface area contributed by atoms with E-state index < -0.39 is 0 Å². The molecule has 0 heterocycles. The second kappa shape index (κ2) is 6.44. The summed E-state index contributed by atoms with van der Waals surface area (Å²) in [6.07, 6.45) is 9.50. The van der Waals surface area contributed by atoms with Gasteiger partial charge in [-0.25, -0.2) is 4.79 Å². The van der Waals surface area contributed by atoms with Crippen LogP contribution in [0.1, 0.15) is 60.8 Å². The second-order valence-electron chi connectivity index (χ2n) is 7.55. The maximum Gasteiger partial charge on any atom is 0.333 e. The smallest absolute Gasteiger partial charge is 0.333 e. The first-order valence-electron chi connectivity index (χ1n) is 8.45. The monoisotopic (exact) mass is 302 g/mol. The summed E-state index contributed by atoms with van der Waals surface area (Å²) < 4.78 is 5.75. The van der Waals surface area contributed by atoms with Gasteiger partial charge in [0.1, 0.15) is 6.10 Å². The number of allylic oxidation sites excluding steroid dienone is 3. The van der Waals surface area contributed by atoms with Crippen LogP contribution in [0.5, 0.6) is 0 Å². The summed E-state index contributed by atoms with van der Waals surface area (Å²) in [6, 6.07) is 0. The lowest BCUT2D eigenvalue weighted by Crippen LogP contribution is -2.20. The van der Waals surface area contributed by atoms with Crippen LogP contribution in [0.4, 0.5) is 0 Å². The molecule has 1 saturated carbocycles. The number of fused-ring (bicyclic) bond motifs is 1. The lowest BCUT2D eigenvalue weighted by molar-refractivity contribution is -0.142. The summed E-state index contributed by atoms with van der Waals surface area (Å²) in [5.41, 5.74) is 3.68. The normalized spacial score (nSPS) is 36.3. The van der Waals surface area contributed by atoms with Crippen LogP contribution in [0.25, 0.3) is 0 Å². The molecule has 22 heavy (non-hydrogen) atoms. The number of hydrogen-bond acceptors (Lipinski definition) is 2. The van der Waals surface area contributed by atoms with Crippen LogP contribution < -0.4 is 0 Å². The Morgan fingerprint density at radius 1 is 1.36 bits per heavy atom. The number of rotatable bonds is 2. The molecule has 122 valence electrons. The van der Waals surface area contributed by atoms with E-state index in [0.29, 0.717) is 16.9 Å². The maximum absolute atomic E-state index is 12.1. The molecule has 1 fully saturated rings. The van der Waals surface area contributed by atoms with Crippen molar-refractivity contribution in [1.29, 1.82) is 0 Å². The number of hydrogen-bond donors (Lipinski definition) is 0. The Hall–Kier alpha value is -1.31. The molecule has 0 aliphatic heterocycles. The molecule has 0 aromatic heterocycles. The molecular formula is C20H30O2. The molecule has 0 unspecified atom stereocenters. The molecule has 2 heteroatoms. The molecule has 2 aliphatic carbocycles. The van der Waals surface area contributed by atoms with Crippen molar-refractivity contribution in [1.82, 2.24) is 0 Å². The number of carbonyl (C=O) groups is 1. The minimum atomic E-state index is -0.199.